The van der Waals surface area contributed by atoms with Gasteiger partial charge in [-0.15, -0.1) is 0 Å². The lowest BCUT2D eigenvalue weighted by Gasteiger charge is -2.14. The zero-order valence-electron chi connectivity index (χ0n) is 9.94. The average molecular weight is 266 g/mol. The molecule has 0 aliphatic heterocycles. The molecule has 0 aliphatic carbocycles. The largest absolute Gasteiger partial charge is 0.390 e. The molecule has 1 heterocycles. The number of aromatic nitrogens is 1. The van der Waals surface area contributed by atoms with Crippen molar-refractivity contribution in [3.8, 4) is 0 Å². The summed E-state index contributed by atoms with van der Waals surface area (Å²) in [5, 5.41) is 11.3. The molecule has 4 nitrogen and oxygen atoms in total. The summed E-state index contributed by atoms with van der Waals surface area (Å²) in [6.07, 6.45) is 1.53. The second-order valence-corrected chi connectivity index (χ2v) is 4.08. The molecule has 1 aromatic carbocycles. The van der Waals surface area contributed by atoms with Crippen LogP contribution in [0.25, 0.3) is 10.9 Å². The predicted octanol–water partition coefficient (Wildman–Crippen LogP) is 1.59. The number of hydrogen-bond donors (Lipinski definition) is 2. The Bertz CT molecular complexity index is 597. The molecule has 19 heavy (non-hydrogen) atoms. The van der Waals surface area contributed by atoms with Crippen molar-refractivity contribution in [2.24, 2.45) is 0 Å². The highest BCUT2D eigenvalue weighted by atomic mass is 19.3. The molecule has 2 aromatic rings. The van der Waals surface area contributed by atoms with Crippen molar-refractivity contribution in [2.45, 2.75) is 5.92 Å². The number of para-hydroxylation sites is 1. The lowest BCUT2D eigenvalue weighted by Crippen LogP contribution is -2.39. The highest BCUT2D eigenvalue weighted by Crippen LogP contribution is 2.16. The molecule has 0 fully saturated rings. The van der Waals surface area contributed by atoms with Gasteiger partial charge in [-0.2, -0.15) is 0 Å². The zero-order chi connectivity index (χ0) is 13.9. The number of alkyl halides is 2. The molecule has 0 atom stereocenters. The van der Waals surface area contributed by atoms with Gasteiger partial charge in [-0.05, 0) is 12.1 Å². The van der Waals surface area contributed by atoms with Crippen LogP contribution in [0, 0.1) is 0 Å². The normalized spacial score (nSPS) is 11.5. The van der Waals surface area contributed by atoms with Gasteiger partial charge < -0.3 is 10.4 Å². The Kier molecular flexibility index (Phi) is 3.71. The van der Waals surface area contributed by atoms with E-state index in [0.717, 1.165) is 5.39 Å². The molecule has 1 amide bonds. The third-order valence-corrected chi connectivity index (χ3v) is 2.62. The van der Waals surface area contributed by atoms with E-state index in [2.05, 4.69) is 10.3 Å². The van der Waals surface area contributed by atoms with Crippen LogP contribution in [0.4, 0.5) is 8.78 Å². The fourth-order valence-corrected chi connectivity index (χ4v) is 1.65. The third kappa shape index (κ3) is 3.03. The van der Waals surface area contributed by atoms with Crippen LogP contribution in [0.2, 0.25) is 0 Å². The molecular formula is C13H12F2N2O2. The number of nitrogens with zero attached hydrogens (tertiary/aromatic N) is 1. The molecule has 2 rings (SSSR count). The van der Waals surface area contributed by atoms with E-state index < -0.39 is 25.0 Å². The Morgan fingerprint density at radius 3 is 2.79 bits per heavy atom. The maximum Gasteiger partial charge on any atom is 0.287 e. The van der Waals surface area contributed by atoms with Gasteiger partial charge in [0.1, 0.15) is 6.61 Å². The smallest absolute Gasteiger partial charge is 0.287 e. The van der Waals surface area contributed by atoms with Crippen LogP contribution in [0.1, 0.15) is 10.4 Å². The van der Waals surface area contributed by atoms with Crippen molar-refractivity contribution in [1.82, 2.24) is 10.3 Å². The van der Waals surface area contributed by atoms with Crippen LogP contribution in [-0.2, 0) is 0 Å². The van der Waals surface area contributed by atoms with Gasteiger partial charge >= 0.3 is 0 Å². The molecule has 0 aliphatic rings. The molecule has 0 radical (unpaired) electrons. The number of amides is 1. The maximum atomic E-state index is 12.9. The standard InChI is InChI=1S/C13H12F2N2O2/c14-13(15,8-18)7-17-12(19)10-5-1-3-9-4-2-6-16-11(9)10/h1-6,18H,7-8H2,(H,17,19). The highest BCUT2D eigenvalue weighted by Gasteiger charge is 2.28. The van der Waals surface area contributed by atoms with Crippen LogP contribution >= 0.6 is 0 Å². The molecule has 6 heteroatoms. The molecule has 2 N–H and O–H groups in total. The number of rotatable bonds is 4. The van der Waals surface area contributed by atoms with E-state index in [9.17, 15) is 13.6 Å². The zero-order valence-corrected chi connectivity index (χ0v) is 9.94. The minimum absolute atomic E-state index is 0.229. The summed E-state index contributed by atoms with van der Waals surface area (Å²) < 4.78 is 25.7. The van der Waals surface area contributed by atoms with Crippen LogP contribution in [0.5, 0.6) is 0 Å². The van der Waals surface area contributed by atoms with Gasteiger partial charge in [0.25, 0.3) is 11.8 Å². The summed E-state index contributed by atoms with van der Waals surface area (Å²) in [4.78, 5) is 15.9. The molecule has 0 bridgehead atoms. The monoisotopic (exact) mass is 266 g/mol. The summed E-state index contributed by atoms with van der Waals surface area (Å²) >= 11 is 0. The third-order valence-electron chi connectivity index (χ3n) is 2.62. The molecular weight excluding hydrogens is 254 g/mol. The lowest BCUT2D eigenvalue weighted by atomic mass is 10.1. The van der Waals surface area contributed by atoms with Crippen LogP contribution in [0.15, 0.2) is 36.5 Å². The topological polar surface area (TPSA) is 62.2 Å². The second-order valence-electron chi connectivity index (χ2n) is 4.08. The quantitative estimate of drug-likeness (QED) is 0.883. The van der Waals surface area contributed by atoms with E-state index >= 15 is 0 Å². The van der Waals surface area contributed by atoms with Gasteiger partial charge in [-0.25, -0.2) is 8.78 Å². The van der Waals surface area contributed by atoms with Crippen molar-refractivity contribution >= 4 is 16.8 Å². The van der Waals surface area contributed by atoms with E-state index in [1.54, 1.807) is 24.3 Å². The fraction of sp³-hybridized carbons (Fsp3) is 0.231. The van der Waals surface area contributed by atoms with Crippen LogP contribution in [-0.4, -0.2) is 35.1 Å². The molecule has 0 spiro atoms. The minimum atomic E-state index is -3.33. The number of pyridine rings is 1. The van der Waals surface area contributed by atoms with Gasteiger partial charge in [0.05, 0.1) is 17.6 Å². The van der Waals surface area contributed by atoms with Gasteiger partial charge in [-0.1, -0.05) is 18.2 Å². The maximum absolute atomic E-state index is 12.9. The number of fused-ring (bicyclic) bond motifs is 1. The first-order valence-electron chi connectivity index (χ1n) is 5.64. The predicted molar refractivity (Wildman–Crippen MR) is 66.1 cm³/mol. The first-order valence-corrected chi connectivity index (χ1v) is 5.64. The molecule has 0 saturated carbocycles. The summed E-state index contributed by atoms with van der Waals surface area (Å²) in [5.74, 6) is -3.97. The van der Waals surface area contributed by atoms with Crippen LogP contribution < -0.4 is 5.32 Å². The first kappa shape index (κ1) is 13.4. The van der Waals surface area contributed by atoms with Gasteiger partial charge in [0.15, 0.2) is 0 Å². The SMILES string of the molecule is O=C(NCC(F)(F)CO)c1cccc2cccnc12. The fourth-order valence-electron chi connectivity index (χ4n) is 1.65. The average Bonchev–Trinajstić information content (AvgIpc) is 2.44. The number of aliphatic hydroxyl groups is 1. The summed E-state index contributed by atoms with van der Waals surface area (Å²) in [5.41, 5.74) is 0.682. The van der Waals surface area contributed by atoms with Crippen molar-refractivity contribution in [3.63, 3.8) is 0 Å². The van der Waals surface area contributed by atoms with Crippen molar-refractivity contribution < 1.29 is 18.7 Å². The van der Waals surface area contributed by atoms with E-state index in [4.69, 9.17) is 5.11 Å². The number of hydrogen-bond acceptors (Lipinski definition) is 3. The number of nitrogens with one attached hydrogen (secondary N) is 1. The Labute approximate surface area is 108 Å². The summed E-state index contributed by atoms with van der Waals surface area (Å²) in [7, 11) is 0. The number of halogens is 2. The van der Waals surface area contributed by atoms with Crippen molar-refractivity contribution in [1.29, 1.82) is 0 Å². The summed E-state index contributed by atoms with van der Waals surface area (Å²) in [6, 6.07) is 8.46. The lowest BCUT2D eigenvalue weighted by molar-refractivity contribution is -0.0461. The van der Waals surface area contributed by atoms with Gasteiger partial charge in [-0.3, -0.25) is 9.78 Å². The van der Waals surface area contributed by atoms with E-state index in [-0.39, 0.29) is 5.56 Å². The summed E-state index contributed by atoms with van der Waals surface area (Å²) in [6.45, 7) is -2.22. The Hall–Kier alpha value is -2.08. The molecule has 1 aromatic heterocycles. The Morgan fingerprint density at radius 2 is 2.05 bits per heavy atom. The van der Waals surface area contributed by atoms with Gasteiger partial charge in [0, 0.05) is 11.6 Å². The molecule has 0 saturated heterocycles. The van der Waals surface area contributed by atoms with E-state index in [1.165, 1.54) is 12.3 Å². The Morgan fingerprint density at radius 1 is 1.32 bits per heavy atom. The Balaban J connectivity index is 2.23. The van der Waals surface area contributed by atoms with Gasteiger partial charge in [0.2, 0.25) is 0 Å². The molecule has 100 valence electrons. The van der Waals surface area contributed by atoms with E-state index in [0.29, 0.717) is 5.52 Å². The van der Waals surface area contributed by atoms with Crippen molar-refractivity contribution in [3.05, 3.63) is 42.1 Å². The second kappa shape index (κ2) is 5.27. The highest BCUT2D eigenvalue weighted by molar-refractivity contribution is 6.05. The van der Waals surface area contributed by atoms with Crippen LogP contribution in [0.3, 0.4) is 0 Å². The number of carbonyl (C=O) groups excluding carboxylic acids is 1. The number of aliphatic hydroxyl groups excluding tert-OH is 1. The van der Waals surface area contributed by atoms with Crippen molar-refractivity contribution in [2.75, 3.05) is 13.2 Å². The number of carbonyl (C=O) groups is 1. The molecule has 0 unspecified atom stereocenters. The van der Waals surface area contributed by atoms with E-state index in [1.807, 2.05) is 0 Å². The number of benzene rings is 1. The minimum Gasteiger partial charge on any atom is -0.390 e. The first-order chi connectivity index (χ1) is 9.03.